The highest BCUT2D eigenvalue weighted by Gasteiger charge is 1.95. The second-order valence-electron chi connectivity index (χ2n) is 5.62. The van der Waals surface area contributed by atoms with Crippen molar-refractivity contribution < 1.29 is 24.2 Å². The number of nitrogens with one attached hydrogen (secondary N) is 1. The van der Waals surface area contributed by atoms with Crippen LogP contribution in [0.5, 0.6) is 0 Å². The number of hydrogen-bond donors (Lipinski definition) is 2. The van der Waals surface area contributed by atoms with Gasteiger partial charge in [0.15, 0.2) is 0 Å². The Bertz CT molecular complexity index is 443. The Kier molecular flexibility index (Phi) is 22.6. The molecular weight excluding hydrogens is 334 g/mol. The zero-order valence-electron chi connectivity index (χ0n) is 16.7. The third-order valence-corrected chi connectivity index (χ3v) is 2.91. The minimum atomic E-state index is -0.935. The lowest BCUT2D eigenvalue weighted by molar-refractivity contribution is -0.136. The van der Waals surface area contributed by atoms with Gasteiger partial charge in [-0.15, -0.1) is 0 Å². The molecule has 0 saturated heterocycles. The molecule has 6 nitrogen and oxygen atoms in total. The van der Waals surface area contributed by atoms with Crippen LogP contribution in [0.2, 0.25) is 0 Å². The van der Waals surface area contributed by atoms with Crippen molar-refractivity contribution in [2.24, 2.45) is 0 Å². The fourth-order valence-electron chi connectivity index (χ4n) is 1.36. The summed E-state index contributed by atoms with van der Waals surface area (Å²) in [5, 5.41) is 10.7. The number of esters is 1. The van der Waals surface area contributed by atoms with E-state index in [1.807, 2.05) is 0 Å². The van der Waals surface area contributed by atoms with Gasteiger partial charge < -0.3 is 15.2 Å². The Balaban J connectivity index is -0.000000342. The summed E-state index contributed by atoms with van der Waals surface area (Å²) < 4.78 is 4.27. The minimum Gasteiger partial charge on any atom is -0.478 e. The standard InChI is InChI=1S/C11H21NO.C5H8O2.C4H6O2/c1-3-5-6-7-8-9-10-12-11(13)4-2;1-4(2)5(6)7-3;1-3(2)4(5)6/h4H,2-3,5-10H2,1H3,(H,12,13);1H2,2-3H3;1H2,2H3,(H,5,6). The van der Waals surface area contributed by atoms with Crippen molar-refractivity contribution in [3.8, 4) is 0 Å². The zero-order valence-corrected chi connectivity index (χ0v) is 16.7. The molecule has 6 heteroatoms. The third kappa shape index (κ3) is 26.5. The molecule has 0 unspecified atom stereocenters. The van der Waals surface area contributed by atoms with Crippen molar-refractivity contribution in [2.45, 2.75) is 59.3 Å². The number of carboxylic acids is 1. The maximum Gasteiger partial charge on any atom is 0.332 e. The van der Waals surface area contributed by atoms with Gasteiger partial charge in [0, 0.05) is 17.7 Å². The lowest BCUT2D eigenvalue weighted by Crippen LogP contribution is -2.21. The fraction of sp³-hybridized carbons (Fsp3) is 0.550. The molecule has 0 bridgehead atoms. The second-order valence-corrected chi connectivity index (χ2v) is 5.62. The van der Waals surface area contributed by atoms with Gasteiger partial charge in [-0.2, -0.15) is 0 Å². The van der Waals surface area contributed by atoms with Crippen molar-refractivity contribution in [3.05, 3.63) is 37.0 Å². The van der Waals surface area contributed by atoms with Crippen molar-refractivity contribution in [3.63, 3.8) is 0 Å². The van der Waals surface area contributed by atoms with Crippen LogP contribution in [-0.4, -0.2) is 36.6 Å². The molecule has 0 aliphatic carbocycles. The van der Waals surface area contributed by atoms with E-state index >= 15 is 0 Å². The van der Waals surface area contributed by atoms with Crippen LogP contribution < -0.4 is 5.32 Å². The number of amides is 1. The first kappa shape index (κ1) is 28.4. The van der Waals surface area contributed by atoms with Crippen LogP contribution in [0.25, 0.3) is 0 Å². The summed E-state index contributed by atoms with van der Waals surface area (Å²) in [5.74, 6) is -1.34. The van der Waals surface area contributed by atoms with E-state index in [9.17, 15) is 14.4 Å². The molecule has 0 aliphatic rings. The Hall–Kier alpha value is -2.37. The van der Waals surface area contributed by atoms with E-state index in [1.54, 1.807) is 6.92 Å². The average molecular weight is 370 g/mol. The van der Waals surface area contributed by atoms with E-state index in [1.165, 1.54) is 52.2 Å². The fourth-order valence-corrected chi connectivity index (χ4v) is 1.36. The van der Waals surface area contributed by atoms with Crippen molar-refractivity contribution in [2.75, 3.05) is 13.7 Å². The van der Waals surface area contributed by atoms with Crippen molar-refractivity contribution in [1.82, 2.24) is 5.32 Å². The van der Waals surface area contributed by atoms with Gasteiger partial charge in [0.1, 0.15) is 0 Å². The van der Waals surface area contributed by atoms with Gasteiger partial charge in [0.25, 0.3) is 0 Å². The van der Waals surface area contributed by atoms with Crippen LogP contribution in [-0.2, 0) is 19.1 Å². The summed E-state index contributed by atoms with van der Waals surface area (Å²) >= 11 is 0. The average Bonchev–Trinajstić information content (AvgIpc) is 2.60. The Labute approximate surface area is 158 Å². The summed E-state index contributed by atoms with van der Waals surface area (Å²) in [6.07, 6.45) is 8.85. The summed E-state index contributed by atoms with van der Waals surface area (Å²) in [7, 11) is 1.33. The second kappa shape index (κ2) is 20.7. The molecule has 0 fully saturated rings. The lowest BCUT2D eigenvalue weighted by Gasteiger charge is -2.01. The molecule has 0 atom stereocenters. The highest BCUT2D eigenvalue weighted by molar-refractivity contribution is 5.87. The number of methoxy groups -OCH3 is 1. The molecule has 0 saturated carbocycles. The number of aliphatic carboxylic acids is 1. The molecule has 0 heterocycles. The van der Waals surface area contributed by atoms with E-state index in [-0.39, 0.29) is 17.4 Å². The van der Waals surface area contributed by atoms with Gasteiger partial charge in [0.2, 0.25) is 5.91 Å². The maximum absolute atomic E-state index is 10.7. The Morgan fingerprint density at radius 3 is 1.77 bits per heavy atom. The summed E-state index contributed by atoms with van der Waals surface area (Å²) in [6, 6.07) is 0. The topological polar surface area (TPSA) is 92.7 Å². The van der Waals surface area contributed by atoms with E-state index in [0.717, 1.165) is 13.0 Å². The highest BCUT2D eigenvalue weighted by Crippen LogP contribution is 2.03. The summed E-state index contributed by atoms with van der Waals surface area (Å²) in [5.41, 5.74) is 0.609. The number of hydrogen-bond acceptors (Lipinski definition) is 4. The summed E-state index contributed by atoms with van der Waals surface area (Å²) in [6.45, 7) is 15.9. The van der Waals surface area contributed by atoms with Gasteiger partial charge in [0.05, 0.1) is 7.11 Å². The number of unbranched alkanes of at least 4 members (excludes halogenated alkanes) is 5. The van der Waals surface area contributed by atoms with Crippen LogP contribution >= 0.6 is 0 Å². The molecular formula is C20H35NO5. The number of ether oxygens (including phenoxy) is 1. The normalized spacial score (nSPS) is 8.62. The maximum atomic E-state index is 10.7. The molecule has 0 aromatic heterocycles. The first-order valence-corrected chi connectivity index (χ1v) is 8.66. The van der Waals surface area contributed by atoms with Crippen molar-refractivity contribution in [1.29, 1.82) is 0 Å². The summed E-state index contributed by atoms with van der Waals surface area (Å²) in [4.78, 5) is 30.5. The molecule has 1 amide bonds. The quantitative estimate of drug-likeness (QED) is 0.344. The number of carboxylic acid groups (broad SMARTS) is 1. The van der Waals surface area contributed by atoms with Crippen LogP contribution in [0, 0.1) is 0 Å². The van der Waals surface area contributed by atoms with Crippen LogP contribution in [0.4, 0.5) is 0 Å². The Morgan fingerprint density at radius 1 is 1.00 bits per heavy atom. The minimum absolute atomic E-state index is 0.0615. The molecule has 0 radical (unpaired) electrons. The first-order chi connectivity index (χ1) is 12.1. The van der Waals surface area contributed by atoms with Crippen LogP contribution in [0.15, 0.2) is 37.0 Å². The number of rotatable bonds is 10. The number of carbonyl (C=O) groups excluding carboxylic acids is 2. The predicted octanol–water partition coefficient (Wildman–Crippen LogP) is 4.03. The van der Waals surface area contributed by atoms with Gasteiger partial charge >= 0.3 is 11.9 Å². The Morgan fingerprint density at radius 2 is 1.46 bits per heavy atom. The molecule has 2 N–H and O–H groups in total. The molecule has 150 valence electrons. The van der Waals surface area contributed by atoms with E-state index in [0.29, 0.717) is 5.57 Å². The van der Waals surface area contributed by atoms with Gasteiger partial charge in [-0.3, -0.25) is 4.79 Å². The van der Waals surface area contributed by atoms with E-state index in [2.05, 4.69) is 36.7 Å². The van der Waals surface area contributed by atoms with E-state index in [4.69, 9.17) is 5.11 Å². The lowest BCUT2D eigenvalue weighted by atomic mass is 10.1. The van der Waals surface area contributed by atoms with Crippen molar-refractivity contribution >= 4 is 17.8 Å². The largest absolute Gasteiger partial charge is 0.478 e. The third-order valence-electron chi connectivity index (χ3n) is 2.91. The highest BCUT2D eigenvalue weighted by atomic mass is 16.5. The van der Waals surface area contributed by atoms with Gasteiger partial charge in [-0.1, -0.05) is 58.8 Å². The van der Waals surface area contributed by atoms with Crippen LogP contribution in [0.1, 0.15) is 59.3 Å². The predicted molar refractivity (Wildman–Crippen MR) is 106 cm³/mol. The number of carbonyl (C=O) groups is 3. The van der Waals surface area contributed by atoms with Gasteiger partial charge in [-0.05, 0) is 26.3 Å². The zero-order chi connectivity index (χ0) is 21.0. The molecule has 0 spiro atoms. The molecule has 0 aliphatic heterocycles. The first-order valence-electron chi connectivity index (χ1n) is 8.66. The monoisotopic (exact) mass is 369 g/mol. The van der Waals surface area contributed by atoms with Gasteiger partial charge in [-0.25, -0.2) is 9.59 Å². The smallest absolute Gasteiger partial charge is 0.332 e. The molecule has 0 aromatic rings. The SMILES string of the molecule is C=C(C)C(=O)O.C=C(C)C(=O)OC.C=CC(=O)NCCCCCCCC. The molecule has 0 aromatic carbocycles. The molecule has 26 heavy (non-hydrogen) atoms. The van der Waals surface area contributed by atoms with Crippen LogP contribution in [0.3, 0.4) is 0 Å². The molecule has 0 rings (SSSR count). The van der Waals surface area contributed by atoms with E-state index < -0.39 is 5.97 Å².